The van der Waals surface area contributed by atoms with Crippen LogP contribution in [0.4, 0.5) is 0 Å². The van der Waals surface area contributed by atoms with Crippen LogP contribution in [0.15, 0.2) is 12.2 Å². The van der Waals surface area contributed by atoms with Crippen molar-refractivity contribution in [3.05, 3.63) is 12.2 Å². The van der Waals surface area contributed by atoms with E-state index in [1.165, 1.54) is 25.7 Å². The Hall–Kier alpha value is -0.300. The molecule has 3 aliphatic carbocycles. The van der Waals surface area contributed by atoms with Gasteiger partial charge in [-0.1, -0.05) is 12.2 Å². The molecule has 0 aromatic rings. The third-order valence-corrected chi connectivity index (χ3v) is 4.00. The third kappa shape index (κ3) is 0.891. The molecule has 0 bridgehead atoms. The Labute approximate surface area is 74.4 Å². The number of hydrogen-bond donors (Lipinski definition) is 0. The molecule has 0 N–H and O–H groups in total. The highest BCUT2D eigenvalue weighted by atomic mass is 15.2. The van der Waals surface area contributed by atoms with Gasteiger partial charge in [0.1, 0.15) is 0 Å². The van der Waals surface area contributed by atoms with Gasteiger partial charge in [0.25, 0.3) is 0 Å². The molecule has 2 fully saturated rings. The molecule has 3 rings (SSSR count). The van der Waals surface area contributed by atoms with Crippen molar-refractivity contribution >= 4 is 0 Å². The quantitative estimate of drug-likeness (QED) is 0.563. The average Bonchev–Trinajstić information content (AvgIpc) is 2.79. The zero-order chi connectivity index (χ0) is 8.13. The second-order valence-electron chi connectivity index (χ2n) is 4.69. The van der Waals surface area contributed by atoms with Crippen molar-refractivity contribution in [1.82, 2.24) is 4.90 Å². The molecule has 0 heterocycles. The van der Waals surface area contributed by atoms with Gasteiger partial charge in [0.2, 0.25) is 0 Å². The summed E-state index contributed by atoms with van der Waals surface area (Å²) in [5.74, 6) is 1.95. The number of nitrogens with zero attached hydrogens (tertiary/aromatic N) is 1. The summed E-state index contributed by atoms with van der Waals surface area (Å²) in [5.41, 5.74) is 0. The highest BCUT2D eigenvalue weighted by Gasteiger charge is 2.46. The summed E-state index contributed by atoms with van der Waals surface area (Å²) >= 11 is 0. The Kier molecular flexibility index (Phi) is 1.40. The lowest BCUT2D eigenvalue weighted by atomic mass is 9.70. The summed E-state index contributed by atoms with van der Waals surface area (Å²) in [6.07, 6.45) is 10.5. The molecule has 1 nitrogen and oxygen atoms in total. The van der Waals surface area contributed by atoms with Crippen LogP contribution < -0.4 is 0 Å². The van der Waals surface area contributed by atoms with E-state index in [9.17, 15) is 0 Å². The van der Waals surface area contributed by atoms with Crippen LogP contribution in [0.5, 0.6) is 0 Å². The van der Waals surface area contributed by atoms with Crippen molar-refractivity contribution in [1.29, 1.82) is 0 Å². The number of rotatable bonds is 2. The fraction of sp³-hybridized carbons (Fsp3) is 0.818. The molecule has 0 saturated heterocycles. The first-order valence-corrected chi connectivity index (χ1v) is 5.25. The smallest absolute Gasteiger partial charge is 0.0138 e. The van der Waals surface area contributed by atoms with Gasteiger partial charge in [0.05, 0.1) is 0 Å². The second kappa shape index (κ2) is 2.35. The van der Waals surface area contributed by atoms with Crippen LogP contribution in [0.1, 0.15) is 25.7 Å². The van der Waals surface area contributed by atoms with Gasteiger partial charge in [-0.05, 0) is 44.6 Å². The second-order valence-corrected chi connectivity index (χ2v) is 4.69. The topological polar surface area (TPSA) is 3.24 Å². The minimum atomic E-state index is 0.928. The lowest BCUT2D eigenvalue weighted by Crippen LogP contribution is -2.49. The largest absolute Gasteiger partial charge is 0.300 e. The van der Waals surface area contributed by atoms with Crippen molar-refractivity contribution in [3.63, 3.8) is 0 Å². The molecule has 1 heteroatoms. The highest BCUT2D eigenvalue weighted by molar-refractivity contribution is 5.13. The molecule has 0 aromatic carbocycles. The van der Waals surface area contributed by atoms with Crippen LogP contribution in [-0.2, 0) is 0 Å². The third-order valence-electron chi connectivity index (χ3n) is 4.00. The van der Waals surface area contributed by atoms with Crippen molar-refractivity contribution in [3.8, 4) is 0 Å². The predicted octanol–water partition coefficient (Wildman–Crippen LogP) is 2.05. The van der Waals surface area contributed by atoms with Crippen LogP contribution in [0.25, 0.3) is 0 Å². The van der Waals surface area contributed by atoms with Crippen LogP contribution in [0, 0.1) is 11.8 Å². The first kappa shape index (κ1) is 7.14. The molecule has 0 spiro atoms. The molecular weight excluding hydrogens is 146 g/mol. The molecule has 3 atom stereocenters. The number of hydrogen-bond acceptors (Lipinski definition) is 1. The Morgan fingerprint density at radius 3 is 2.83 bits per heavy atom. The Balaban J connectivity index is 1.65. The normalized spacial score (nSPS) is 44.7. The molecule has 0 radical (unpaired) electrons. The van der Waals surface area contributed by atoms with E-state index in [1.54, 1.807) is 0 Å². The summed E-state index contributed by atoms with van der Waals surface area (Å²) in [4.78, 5) is 2.65. The molecule has 0 aromatic heterocycles. The van der Waals surface area contributed by atoms with Gasteiger partial charge in [-0.3, -0.25) is 0 Å². The van der Waals surface area contributed by atoms with Gasteiger partial charge >= 0.3 is 0 Å². The van der Waals surface area contributed by atoms with Crippen molar-refractivity contribution < 1.29 is 0 Å². The van der Waals surface area contributed by atoms with Crippen LogP contribution in [-0.4, -0.2) is 24.0 Å². The van der Waals surface area contributed by atoms with Gasteiger partial charge in [-0.25, -0.2) is 0 Å². The standard InChI is InChI=1S/C11H17N/c1-12(9-5-6-9)11-7-8-3-2-4-10(8)11/h2-3,8-11H,4-7H2,1H3/t8-,10-,11+/m0/s1. The highest BCUT2D eigenvalue weighted by Crippen LogP contribution is 2.47. The first-order valence-electron chi connectivity index (χ1n) is 5.25. The summed E-state index contributed by atoms with van der Waals surface area (Å²) in [6, 6.07) is 1.88. The van der Waals surface area contributed by atoms with E-state index in [0.29, 0.717) is 0 Å². The van der Waals surface area contributed by atoms with Crippen molar-refractivity contribution in [2.24, 2.45) is 11.8 Å². The summed E-state index contributed by atoms with van der Waals surface area (Å²) < 4.78 is 0. The Morgan fingerprint density at radius 1 is 1.33 bits per heavy atom. The summed E-state index contributed by atoms with van der Waals surface area (Å²) in [7, 11) is 2.33. The lowest BCUT2D eigenvalue weighted by Gasteiger charge is -2.46. The van der Waals surface area contributed by atoms with E-state index < -0.39 is 0 Å². The SMILES string of the molecule is CN(C1CC1)[C@@H]1C[C@@H]2C=CC[C@H]12. The molecule has 66 valence electrons. The Morgan fingerprint density at radius 2 is 2.17 bits per heavy atom. The zero-order valence-electron chi connectivity index (χ0n) is 7.74. The minimum absolute atomic E-state index is 0.928. The van der Waals surface area contributed by atoms with Crippen LogP contribution in [0.3, 0.4) is 0 Å². The van der Waals surface area contributed by atoms with Gasteiger partial charge < -0.3 is 4.90 Å². The molecule has 0 unspecified atom stereocenters. The Bertz CT molecular complexity index is 215. The minimum Gasteiger partial charge on any atom is -0.300 e. The fourth-order valence-corrected chi connectivity index (χ4v) is 2.90. The molecule has 2 saturated carbocycles. The number of allylic oxidation sites excluding steroid dienone is 2. The molecule has 12 heavy (non-hydrogen) atoms. The van der Waals surface area contributed by atoms with Crippen molar-refractivity contribution in [2.45, 2.75) is 37.8 Å². The van der Waals surface area contributed by atoms with Gasteiger partial charge in [-0.2, -0.15) is 0 Å². The first-order chi connectivity index (χ1) is 5.86. The molecule has 0 aliphatic heterocycles. The number of fused-ring (bicyclic) bond motifs is 1. The van der Waals surface area contributed by atoms with Gasteiger partial charge in [-0.15, -0.1) is 0 Å². The van der Waals surface area contributed by atoms with Gasteiger partial charge in [0.15, 0.2) is 0 Å². The molecule has 3 aliphatic rings. The average molecular weight is 163 g/mol. The maximum atomic E-state index is 2.65. The predicted molar refractivity (Wildman–Crippen MR) is 49.9 cm³/mol. The molecule has 0 amide bonds. The van der Waals surface area contributed by atoms with Crippen LogP contribution >= 0.6 is 0 Å². The van der Waals surface area contributed by atoms with Crippen LogP contribution in [0.2, 0.25) is 0 Å². The zero-order valence-corrected chi connectivity index (χ0v) is 7.74. The van der Waals surface area contributed by atoms with E-state index >= 15 is 0 Å². The van der Waals surface area contributed by atoms with E-state index in [0.717, 1.165) is 23.9 Å². The molecular formula is C11H17N. The fourth-order valence-electron chi connectivity index (χ4n) is 2.90. The summed E-state index contributed by atoms with van der Waals surface area (Å²) in [6.45, 7) is 0. The van der Waals surface area contributed by atoms with E-state index in [4.69, 9.17) is 0 Å². The maximum absolute atomic E-state index is 2.65. The van der Waals surface area contributed by atoms with E-state index in [1.807, 2.05) is 0 Å². The monoisotopic (exact) mass is 163 g/mol. The van der Waals surface area contributed by atoms with E-state index in [-0.39, 0.29) is 0 Å². The van der Waals surface area contributed by atoms with E-state index in [2.05, 4.69) is 24.1 Å². The van der Waals surface area contributed by atoms with Gasteiger partial charge in [0, 0.05) is 12.1 Å². The lowest BCUT2D eigenvalue weighted by molar-refractivity contribution is 0.0480. The summed E-state index contributed by atoms with van der Waals surface area (Å²) in [5, 5.41) is 0. The maximum Gasteiger partial charge on any atom is 0.0138 e. The van der Waals surface area contributed by atoms with Crippen molar-refractivity contribution in [2.75, 3.05) is 7.05 Å².